The number of hydrogen-bond donors (Lipinski definition) is 1. The summed E-state index contributed by atoms with van der Waals surface area (Å²) in [6.45, 7) is 5.54. The lowest BCUT2D eigenvalue weighted by Gasteiger charge is -2.43. The molecule has 194 valence electrons. The number of halogens is 3. The second-order valence-corrected chi connectivity index (χ2v) is 9.90. The van der Waals surface area contributed by atoms with Crippen molar-refractivity contribution < 1.29 is 28.5 Å². The number of carboxylic acid groups (broad SMARTS) is 1. The van der Waals surface area contributed by atoms with E-state index in [1.807, 2.05) is 37.3 Å². The Kier molecular flexibility index (Phi) is 8.42. The van der Waals surface area contributed by atoms with Crippen molar-refractivity contribution in [3.8, 4) is 11.5 Å². The molecule has 0 radical (unpaired) electrons. The Morgan fingerprint density at radius 1 is 1.11 bits per heavy atom. The van der Waals surface area contributed by atoms with Crippen molar-refractivity contribution >= 4 is 29.2 Å². The van der Waals surface area contributed by atoms with E-state index in [-0.39, 0.29) is 29.2 Å². The number of ether oxygens (including phenoxy) is 3. The van der Waals surface area contributed by atoms with E-state index in [1.54, 1.807) is 18.2 Å². The minimum absolute atomic E-state index is 0.210. The quantitative estimate of drug-likeness (QED) is 0.293. The molecular weight excluding hydrogens is 518 g/mol. The van der Waals surface area contributed by atoms with Gasteiger partial charge in [-0.1, -0.05) is 65.7 Å². The van der Waals surface area contributed by atoms with Gasteiger partial charge in [-0.25, -0.2) is 9.18 Å². The van der Waals surface area contributed by atoms with Gasteiger partial charge in [-0.2, -0.15) is 0 Å². The number of carboxylic acids is 1. The Hall–Kier alpha value is -3.06. The van der Waals surface area contributed by atoms with Crippen LogP contribution in [0.2, 0.25) is 10.0 Å². The molecular formula is C29H27Cl2FO5. The molecule has 8 heteroatoms. The fourth-order valence-electron chi connectivity index (χ4n) is 4.92. The zero-order chi connectivity index (χ0) is 26.7. The molecule has 0 bridgehead atoms. The zero-order valence-electron chi connectivity index (χ0n) is 20.4. The minimum Gasteiger partial charge on any atom is -0.493 e. The van der Waals surface area contributed by atoms with Crippen LogP contribution in [0.3, 0.4) is 0 Å². The van der Waals surface area contributed by atoms with Crippen molar-refractivity contribution in [2.45, 2.75) is 31.5 Å². The predicted octanol–water partition coefficient (Wildman–Crippen LogP) is 7.78. The van der Waals surface area contributed by atoms with Crippen LogP contribution in [0.5, 0.6) is 11.5 Å². The van der Waals surface area contributed by atoms with Crippen LogP contribution < -0.4 is 9.47 Å². The Morgan fingerprint density at radius 2 is 1.86 bits per heavy atom. The summed E-state index contributed by atoms with van der Waals surface area (Å²) in [6, 6.07) is 17.1. The minimum atomic E-state index is -1.14. The summed E-state index contributed by atoms with van der Waals surface area (Å²) in [4.78, 5) is 11.3. The third-order valence-electron chi connectivity index (χ3n) is 6.56. The smallest absolute Gasteiger partial charge is 0.341 e. The van der Waals surface area contributed by atoms with Crippen LogP contribution in [0.1, 0.15) is 48.2 Å². The van der Waals surface area contributed by atoms with Gasteiger partial charge >= 0.3 is 5.97 Å². The molecule has 4 atom stereocenters. The summed E-state index contributed by atoms with van der Waals surface area (Å²) in [6.07, 6.45) is -0.632. The molecule has 1 heterocycles. The Labute approximate surface area is 225 Å². The van der Waals surface area contributed by atoms with Crippen molar-refractivity contribution in [3.05, 3.63) is 105 Å². The number of rotatable bonds is 8. The average molecular weight is 545 g/mol. The van der Waals surface area contributed by atoms with Gasteiger partial charge in [-0.05, 0) is 48.7 Å². The highest BCUT2D eigenvalue weighted by atomic mass is 35.5. The van der Waals surface area contributed by atoms with E-state index < -0.39 is 24.8 Å². The first-order chi connectivity index (χ1) is 17.7. The van der Waals surface area contributed by atoms with E-state index in [9.17, 15) is 14.3 Å². The van der Waals surface area contributed by atoms with E-state index in [0.29, 0.717) is 27.6 Å². The lowest BCUT2D eigenvalue weighted by Crippen LogP contribution is -2.32. The SMILES string of the molecule is C=C(C)[C@H]1C[C@H](c2ccccc2Cl)[C@H](c2cccc(F)c2)O[C@@H]1c1cc(Cl)cc(OC)c1OCC(=O)O. The number of benzene rings is 3. The van der Waals surface area contributed by atoms with E-state index in [4.69, 9.17) is 37.4 Å². The number of carbonyl (C=O) groups is 1. The van der Waals surface area contributed by atoms with Gasteiger partial charge in [0.2, 0.25) is 0 Å². The number of aliphatic carboxylic acids is 1. The standard InChI is InChI=1S/C29H27Cl2FO5/c1-16(2)21-14-22(20-9-4-5-10-24(20)31)27(17-7-6-8-19(32)11-17)37-28(21)23-12-18(30)13-25(35-3)29(23)36-15-26(33)34/h4-13,21-22,27-28H,1,14-15H2,2-3H3,(H,33,34)/t21-,22-,27+,28+/m1/s1. The van der Waals surface area contributed by atoms with Crippen LogP contribution in [-0.4, -0.2) is 24.8 Å². The summed E-state index contributed by atoms with van der Waals surface area (Å²) >= 11 is 13.0. The third kappa shape index (κ3) is 5.93. The molecule has 37 heavy (non-hydrogen) atoms. The topological polar surface area (TPSA) is 65.0 Å². The molecule has 1 saturated heterocycles. The van der Waals surface area contributed by atoms with Gasteiger partial charge in [0.15, 0.2) is 18.1 Å². The molecule has 0 amide bonds. The Balaban J connectivity index is 1.88. The van der Waals surface area contributed by atoms with Crippen LogP contribution >= 0.6 is 23.2 Å². The van der Waals surface area contributed by atoms with Gasteiger partial charge in [-0.15, -0.1) is 0 Å². The maximum Gasteiger partial charge on any atom is 0.341 e. The lowest BCUT2D eigenvalue weighted by molar-refractivity contribution is -0.139. The molecule has 1 fully saturated rings. The normalized spacial score (nSPS) is 21.3. The first-order valence-corrected chi connectivity index (χ1v) is 12.5. The maximum atomic E-state index is 14.3. The van der Waals surface area contributed by atoms with Crippen molar-refractivity contribution in [2.24, 2.45) is 5.92 Å². The molecule has 3 aromatic carbocycles. The first-order valence-electron chi connectivity index (χ1n) is 11.7. The molecule has 0 spiro atoms. The van der Waals surface area contributed by atoms with Crippen molar-refractivity contribution in [1.82, 2.24) is 0 Å². The van der Waals surface area contributed by atoms with Crippen LogP contribution in [-0.2, 0) is 9.53 Å². The van der Waals surface area contributed by atoms with E-state index in [2.05, 4.69) is 6.58 Å². The van der Waals surface area contributed by atoms with Crippen LogP contribution in [0, 0.1) is 11.7 Å². The van der Waals surface area contributed by atoms with Gasteiger partial charge in [0.1, 0.15) is 5.82 Å². The second-order valence-electron chi connectivity index (χ2n) is 9.06. The molecule has 3 aromatic rings. The summed E-state index contributed by atoms with van der Waals surface area (Å²) in [7, 11) is 1.45. The monoisotopic (exact) mass is 544 g/mol. The van der Waals surface area contributed by atoms with E-state index >= 15 is 0 Å². The zero-order valence-corrected chi connectivity index (χ0v) is 21.9. The molecule has 0 aliphatic carbocycles. The van der Waals surface area contributed by atoms with Gasteiger partial charge in [-0.3, -0.25) is 0 Å². The maximum absolute atomic E-state index is 14.3. The molecule has 4 rings (SSSR count). The highest BCUT2D eigenvalue weighted by Crippen LogP contribution is 2.55. The molecule has 5 nitrogen and oxygen atoms in total. The summed E-state index contributed by atoms with van der Waals surface area (Å²) in [5.74, 6) is -1.45. The van der Waals surface area contributed by atoms with Gasteiger partial charge in [0.05, 0.1) is 19.3 Å². The fourth-order valence-corrected chi connectivity index (χ4v) is 5.41. The molecule has 1 aliphatic rings. The van der Waals surface area contributed by atoms with Crippen molar-refractivity contribution in [2.75, 3.05) is 13.7 Å². The molecule has 1 N–H and O–H groups in total. The summed E-state index contributed by atoms with van der Waals surface area (Å²) < 4.78 is 32.3. The predicted molar refractivity (Wildman–Crippen MR) is 141 cm³/mol. The van der Waals surface area contributed by atoms with Gasteiger partial charge in [0, 0.05) is 33.5 Å². The largest absolute Gasteiger partial charge is 0.493 e. The fraction of sp³-hybridized carbons (Fsp3) is 0.276. The highest BCUT2D eigenvalue weighted by molar-refractivity contribution is 6.31. The number of methoxy groups -OCH3 is 1. The summed E-state index contributed by atoms with van der Waals surface area (Å²) in [5.41, 5.74) is 2.91. The van der Waals surface area contributed by atoms with Crippen molar-refractivity contribution in [1.29, 1.82) is 0 Å². The van der Waals surface area contributed by atoms with Gasteiger partial charge < -0.3 is 19.3 Å². The second kappa shape index (κ2) is 11.5. The number of hydrogen-bond acceptors (Lipinski definition) is 4. The van der Waals surface area contributed by atoms with E-state index in [0.717, 1.165) is 11.1 Å². The van der Waals surface area contributed by atoms with Crippen LogP contribution in [0.25, 0.3) is 0 Å². The molecule has 0 saturated carbocycles. The Bertz CT molecular complexity index is 1310. The molecule has 1 aliphatic heterocycles. The molecule has 0 aromatic heterocycles. The lowest BCUT2D eigenvalue weighted by atomic mass is 9.74. The third-order valence-corrected chi connectivity index (χ3v) is 7.12. The first kappa shape index (κ1) is 27.0. The summed E-state index contributed by atoms with van der Waals surface area (Å²) in [5, 5.41) is 10.2. The van der Waals surface area contributed by atoms with Crippen molar-refractivity contribution in [3.63, 3.8) is 0 Å². The molecule has 0 unspecified atom stereocenters. The average Bonchev–Trinajstić information content (AvgIpc) is 2.86. The van der Waals surface area contributed by atoms with E-state index in [1.165, 1.54) is 19.2 Å². The van der Waals surface area contributed by atoms with Crippen LogP contribution in [0.4, 0.5) is 4.39 Å². The van der Waals surface area contributed by atoms with Gasteiger partial charge in [0.25, 0.3) is 0 Å². The Morgan fingerprint density at radius 3 is 2.51 bits per heavy atom. The van der Waals surface area contributed by atoms with Crippen LogP contribution in [0.15, 0.2) is 72.8 Å². The highest BCUT2D eigenvalue weighted by Gasteiger charge is 2.42.